The van der Waals surface area contributed by atoms with Crippen LogP contribution in [-0.4, -0.2) is 44.5 Å². The molecule has 1 aromatic carbocycles. The van der Waals surface area contributed by atoms with E-state index in [1.165, 1.54) is 20.4 Å². The Labute approximate surface area is 209 Å². The summed E-state index contributed by atoms with van der Waals surface area (Å²) in [5.74, 6) is -3.07. The lowest BCUT2D eigenvalue weighted by Crippen LogP contribution is -2.40. The summed E-state index contributed by atoms with van der Waals surface area (Å²) < 4.78 is 20.9. The number of ether oxygens (including phenoxy) is 4. The third-order valence-corrected chi connectivity index (χ3v) is 6.11. The first kappa shape index (κ1) is 27.7. The molecule has 10 heteroatoms. The second-order valence-corrected chi connectivity index (χ2v) is 9.83. The van der Waals surface area contributed by atoms with Crippen molar-refractivity contribution in [1.82, 2.24) is 5.32 Å². The Morgan fingerprint density at radius 2 is 1.65 bits per heavy atom. The molecule has 1 heterocycles. The van der Waals surface area contributed by atoms with Crippen LogP contribution in [0.15, 0.2) is 41.2 Å². The number of dihydropyridines is 1. The summed E-state index contributed by atoms with van der Waals surface area (Å²) in [5.41, 5.74) is -0.835. The highest BCUT2D eigenvalue weighted by Crippen LogP contribution is 2.44. The van der Waals surface area contributed by atoms with Crippen molar-refractivity contribution in [2.24, 2.45) is 5.41 Å². The third-order valence-electron chi connectivity index (χ3n) is 5.28. The molecule has 1 atom stereocenters. The summed E-state index contributed by atoms with van der Waals surface area (Å²) >= 11 is 12.7. The highest BCUT2D eigenvalue weighted by molar-refractivity contribution is 6.42. The molecule has 0 fully saturated rings. The molecule has 0 saturated carbocycles. The molecule has 0 spiro atoms. The molecule has 34 heavy (non-hydrogen) atoms. The van der Waals surface area contributed by atoms with Crippen molar-refractivity contribution in [3.8, 4) is 0 Å². The van der Waals surface area contributed by atoms with Gasteiger partial charge in [-0.1, -0.05) is 35.3 Å². The summed E-state index contributed by atoms with van der Waals surface area (Å²) in [7, 11) is 2.72. The van der Waals surface area contributed by atoms with Crippen molar-refractivity contribution in [2.45, 2.75) is 46.1 Å². The predicted molar refractivity (Wildman–Crippen MR) is 127 cm³/mol. The van der Waals surface area contributed by atoms with E-state index >= 15 is 0 Å². The summed E-state index contributed by atoms with van der Waals surface area (Å²) in [5, 5.41) is 3.37. The fraction of sp³-hybridized carbons (Fsp3) is 0.458. The molecule has 0 aliphatic carbocycles. The molecule has 1 N–H and O–H groups in total. The van der Waals surface area contributed by atoms with E-state index in [1.807, 2.05) is 0 Å². The van der Waals surface area contributed by atoms with Crippen LogP contribution in [0.5, 0.6) is 0 Å². The van der Waals surface area contributed by atoms with Gasteiger partial charge in [0.05, 0.1) is 45.3 Å². The first-order valence-electron chi connectivity index (χ1n) is 10.4. The molecule has 8 nitrogen and oxygen atoms in total. The molecule has 0 bridgehead atoms. The maximum atomic E-state index is 13.1. The second-order valence-electron chi connectivity index (χ2n) is 9.05. The van der Waals surface area contributed by atoms with E-state index in [-0.39, 0.29) is 21.2 Å². The van der Waals surface area contributed by atoms with E-state index in [0.29, 0.717) is 11.3 Å². The summed E-state index contributed by atoms with van der Waals surface area (Å²) in [6, 6.07) is 4.88. The van der Waals surface area contributed by atoms with E-state index in [1.54, 1.807) is 52.8 Å². The van der Waals surface area contributed by atoms with Gasteiger partial charge in [-0.3, -0.25) is 4.79 Å². The van der Waals surface area contributed by atoms with E-state index in [0.717, 1.165) is 0 Å². The molecule has 1 aromatic rings. The van der Waals surface area contributed by atoms with Gasteiger partial charge in [-0.25, -0.2) is 9.59 Å². The van der Waals surface area contributed by atoms with E-state index in [9.17, 15) is 14.4 Å². The first-order chi connectivity index (χ1) is 15.8. The number of esters is 3. The SMILES string of the molecule is COC(=O)C1=C(C(C)(C)OC)NC=C(C(=O)OCOC(=O)C(C)(C)C)C1c1cccc(Cl)c1Cl. The Bertz CT molecular complexity index is 1040. The van der Waals surface area contributed by atoms with Crippen molar-refractivity contribution in [1.29, 1.82) is 0 Å². The highest BCUT2D eigenvalue weighted by atomic mass is 35.5. The van der Waals surface area contributed by atoms with Crippen molar-refractivity contribution in [3.63, 3.8) is 0 Å². The van der Waals surface area contributed by atoms with Gasteiger partial charge in [0.15, 0.2) is 0 Å². The number of hydrogen-bond donors (Lipinski definition) is 1. The zero-order chi connectivity index (χ0) is 25.8. The van der Waals surface area contributed by atoms with Crippen LogP contribution < -0.4 is 5.32 Å². The zero-order valence-electron chi connectivity index (χ0n) is 20.2. The summed E-state index contributed by atoms with van der Waals surface area (Å²) in [6.45, 7) is 7.92. The summed E-state index contributed by atoms with van der Waals surface area (Å²) in [4.78, 5) is 38.1. The molecule has 0 saturated heterocycles. The lowest BCUT2D eigenvalue weighted by atomic mass is 9.79. The van der Waals surface area contributed by atoms with Gasteiger partial charge >= 0.3 is 17.9 Å². The molecular weight excluding hydrogens is 485 g/mol. The first-order valence-corrected chi connectivity index (χ1v) is 11.1. The Morgan fingerprint density at radius 3 is 2.21 bits per heavy atom. The fourth-order valence-corrected chi connectivity index (χ4v) is 3.64. The molecule has 2 rings (SSSR count). The number of nitrogens with one attached hydrogen (secondary N) is 1. The Morgan fingerprint density at radius 1 is 1.00 bits per heavy atom. The van der Waals surface area contributed by atoms with Crippen molar-refractivity contribution in [2.75, 3.05) is 21.0 Å². The van der Waals surface area contributed by atoms with Crippen LogP contribution in [0.1, 0.15) is 46.1 Å². The van der Waals surface area contributed by atoms with Crippen LogP contribution in [0.3, 0.4) is 0 Å². The van der Waals surface area contributed by atoms with Gasteiger partial charge in [-0.2, -0.15) is 0 Å². The predicted octanol–water partition coefficient (Wildman–Crippen LogP) is 4.51. The van der Waals surface area contributed by atoms with Gasteiger partial charge in [0.2, 0.25) is 6.79 Å². The van der Waals surface area contributed by atoms with E-state index in [2.05, 4.69) is 5.32 Å². The maximum absolute atomic E-state index is 13.1. The standard InChI is InChI=1S/C24H29Cl2NO7/c1-23(2,3)22(30)34-12-33-20(28)14-11-27-19(24(4,5)32-7)17(21(29)31-6)16(14)13-9-8-10-15(25)18(13)26/h8-11,16,27H,12H2,1-7H3. The minimum Gasteiger partial charge on any atom is -0.466 e. The number of rotatable bonds is 7. The van der Waals surface area contributed by atoms with Crippen LogP contribution in [0.2, 0.25) is 10.0 Å². The number of carbonyl (C=O) groups excluding carboxylic acids is 3. The van der Waals surface area contributed by atoms with Gasteiger partial charge in [0, 0.05) is 13.3 Å². The molecule has 186 valence electrons. The molecule has 1 aliphatic rings. The Balaban J connectivity index is 2.56. The van der Waals surface area contributed by atoms with Gasteiger partial charge in [0.1, 0.15) is 5.60 Å². The van der Waals surface area contributed by atoms with Gasteiger partial charge in [-0.15, -0.1) is 0 Å². The van der Waals surface area contributed by atoms with Crippen LogP contribution >= 0.6 is 23.2 Å². The second kappa shape index (κ2) is 10.8. The van der Waals surface area contributed by atoms with Crippen LogP contribution in [0.4, 0.5) is 0 Å². The smallest absolute Gasteiger partial charge is 0.339 e. The van der Waals surface area contributed by atoms with E-state index in [4.69, 9.17) is 42.1 Å². The molecule has 1 aliphatic heterocycles. The number of carbonyl (C=O) groups is 3. The minimum absolute atomic E-state index is 0.0343. The molecule has 0 radical (unpaired) electrons. The quantitative estimate of drug-likeness (QED) is 0.419. The average Bonchev–Trinajstić information content (AvgIpc) is 2.78. The van der Waals surface area contributed by atoms with Crippen LogP contribution in [-0.2, 0) is 33.3 Å². The van der Waals surface area contributed by atoms with Crippen molar-refractivity contribution in [3.05, 3.63) is 56.9 Å². The van der Waals surface area contributed by atoms with E-state index < -0.39 is 41.6 Å². The lowest BCUT2D eigenvalue weighted by molar-refractivity contribution is -0.171. The van der Waals surface area contributed by atoms with Crippen LogP contribution in [0.25, 0.3) is 0 Å². The number of halogens is 2. The molecular formula is C24H29Cl2NO7. The van der Waals surface area contributed by atoms with Crippen molar-refractivity contribution < 1.29 is 33.3 Å². The number of methoxy groups -OCH3 is 2. The zero-order valence-corrected chi connectivity index (χ0v) is 21.7. The molecule has 0 amide bonds. The number of hydrogen-bond acceptors (Lipinski definition) is 8. The van der Waals surface area contributed by atoms with Gasteiger partial charge < -0.3 is 24.3 Å². The maximum Gasteiger partial charge on any atom is 0.339 e. The summed E-state index contributed by atoms with van der Waals surface area (Å²) in [6.07, 6.45) is 1.40. The third kappa shape index (κ3) is 5.92. The average molecular weight is 514 g/mol. The fourth-order valence-electron chi connectivity index (χ4n) is 3.22. The van der Waals surface area contributed by atoms with Gasteiger partial charge in [-0.05, 0) is 46.2 Å². The largest absolute Gasteiger partial charge is 0.466 e. The minimum atomic E-state index is -1.00. The molecule has 1 unspecified atom stereocenters. The Hall–Kier alpha value is -2.55. The topological polar surface area (TPSA) is 100 Å². The lowest BCUT2D eigenvalue weighted by Gasteiger charge is -2.35. The van der Waals surface area contributed by atoms with Gasteiger partial charge in [0.25, 0.3) is 0 Å². The van der Waals surface area contributed by atoms with Crippen LogP contribution in [0, 0.1) is 5.41 Å². The Kier molecular flexibility index (Phi) is 8.80. The normalized spacial score (nSPS) is 16.4. The number of benzene rings is 1. The monoisotopic (exact) mass is 513 g/mol. The highest BCUT2D eigenvalue weighted by Gasteiger charge is 2.42. The molecule has 0 aromatic heterocycles. The van der Waals surface area contributed by atoms with Crippen molar-refractivity contribution >= 4 is 41.1 Å².